The third-order valence-electron chi connectivity index (χ3n) is 2.46. The van der Waals surface area contributed by atoms with Gasteiger partial charge in [-0.05, 0) is 35.2 Å². The first-order chi connectivity index (χ1) is 7.60. The van der Waals surface area contributed by atoms with Crippen molar-refractivity contribution in [1.29, 1.82) is 0 Å². The average Bonchev–Trinajstić information content (AvgIpc) is 2.28. The lowest BCUT2D eigenvalue weighted by Crippen LogP contribution is -2.32. The smallest absolute Gasteiger partial charge is 0.133 e. The molecule has 16 heavy (non-hydrogen) atoms. The van der Waals surface area contributed by atoms with Gasteiger partial charge < -0.3 is 4.90 Å². The summed E-state index contributed by atoms with van der Waals surface area (Å²) >= 11 is 11.2. The van der Waals surface area contributed by atoms with Crippen molar-refractivity contribution in [2.45, 2.75) is 18.8 Å². The summed E-state index contributed by atoms with van der Waals surface area (Å²) in [5.74, 6) is 2.54. The van der Waals surface area contributed by atoms with E-state index in [0.29, 0.717) is 11.9 Å². The van der Waals surface area contributed by atoms with Gasteiger partial charge in [0.05, 0.1) is 5.88 Å². The summed E-state index contributed by atoms with van der Waals surface area (Å²) in [5, 5.41) is 0. The fourth-order valence-electron chi connectivity index (χ4n) is 1.45. The summed E-state index contributed by atoms with van der Waals surface area (Å²) in [7, 11) is 2.06. The van der Waals surface area contributed by atoms with Gasteiger partial charge >= 0.3 is 0 Å². The second-order valence-electron chi connectivity index (χ2n) is 3.69. The Labute approximate surface area is 115 Å². The van der Waals surface area contributed by atoms with Crippen LogP contribution in [0.1, 0.15) is 12.5 Å². The van der Waals surface area contributed by atoms with Gasteiger partial charge in [0.15, 0.2) is 0 Å². The summed E-state index contributed by atoms with van der Waals surface area (Å²) in [5.41, 5.74) is 1.06. The minimum Gasteiger partial charge on any atom is -0.356 e. The molecule has 0 aromatic carbocycles. The number of nitrogens with zero attached hydrogens (tertiary/aromatic N) is 2. The van der Waals surface area contributed by atoms with E-state index in [1.165, 1.54) is 0 Å². The number of halogens is 2. The lowest BCUT2D eigenvalue weighted by molar-refractivity contribution is 0.749. The summed E-state index contributed by atoms with van der Waals surface area (Å²) < 4.78 is 0.970. The summed E-state index contributed by atoms with van der Waals surface area (Å²) in [6, 6.07) is 2.48. The molecule has 1 heterocycles. The van der Waals surface area contributed by atoms with Crippen molar-refractivity contribution in [2.75, 3.05) is 24.0 Å². The molecule has 0 amide bonds. The van der Waals surface area contributed by atoms with Gasteiger partial charge in [0.2, 0.25) is 0 Å². The molecular weight excluding hydrogens is 308 g/mol. The number of hydrogen-bond acceptors (Lipinski definition) is 3. The van der Waals surface area contributed by atoms with Crippen LogP contribution in [0, 0.1) is 0 Å². The van der Waals surface area contributed by atoms with Crippen LogP contribution in [0.25, 0.3) is 0 Å². The number of alkyl halides is 1. The number of pyridine rings is 1. The van der Waals surface area contributed by atoms with Gasteiger partial charge in [-0.2, -0.15) is 11.8 Å². The largest absolute Gasteiger partial charge is 0.356 e. The predicted octanol–water partition coefficient (Wildman–Crippen LogP) is 3.77. The molecule has 0 bridgehead atoms. The molecule has 90 valence electrons. The van der Waals surface area contributed by atoms with Crippen LogP contribution in [0.15, 0.2) is 16.7 Å². The van der Waals surface area contributed by atoms with E-state index in [9.17, 15) is 0 Å². The van der Waals surface area contributed by atoms with E-state index in [-0.39, 0.29) is 0 Å². The van der Waals surface area contributed by atoms with Crippen molar-refractivity contribution in [2.24, 2.45) is 0 Å². The molecule has 0 saturated carbocycles. The maximum atomic E-state index is 5.94. The number of anilines is 1. The molecule has 1 aromatic rings. The Morgan fingerprint density at radius 2 is 2.31 bits per heavy atom. The van der Waals surface area contributed by atoms with E-state index in [4.69, 9.17) is 11.6 Å². The van der Waals surface area contributed by atoms with Gasteiger partial charge in [0.1, 0.15) is 5.82 Å². The Morgan fingerprint density at radius 3 is 2.88 bits per heavy atom. The van der Waals surface area contributed by atoms with Gasteiger partial charge in [-0.15, -0.1) is 11.6 Å². The van der Waals surface area contributed by atoms with Crippen LogP contribution in [0.3, 0.4) is 0 Å². The van der Waals surface area contributed by atoms with E-state index in [2.05, 4.69) is 46.0 Å². The van der Waals surface area contributed by atoms with Crippen LogP contribution in [0.5, 0.6) is 0 Å². The molecule has 0 aliphatic heterocycles. The second kappa shape index (κ2) is 6.72. The van der Waals surface area contributed by atoms with Crippen molar-refractivity contribution in [1.82, 2.24) is 4.98 Å². The normalized spacial score (nSPS) is 12.6. The SMILES string of the molecule is CSCC(C)N(C)c1ncc(Br)cc1CCl. The predicted molar refractivity (Wildman–Crippen MR) is 77.7 cm³/mol. The maximum Gasteiger partial charge on any atom is 0.133 e. The van der Waals surface area contributed by atoms with Crippen LogP contribution in [0.4, 0.5) is 5.82 Å². The molecular formula is C11H16BrClN2S. The maximum absolute atomic E-state index is 5.94. The standard InChI is InChI=1S/C11H16BrClN2S/c1-8(7-16-3)15(2)11-9(5-13)4-10(12)6-14-11/h4,6,8H,5,7H2,1-3H3. The molecule has 1 rings (SSSR count). The van der Waals surface area contributed by atoms with Crippen LogP contribution in [-0.4, -0.2) is 30.1 Å². The van der Waals surface area contributed by atoms with E-state index in [1.807, 2.05) is 24.0 Å². The highest BCUT2D eigenvalue weighted by molar-refractivity contribution is 9.10. The molecule has 5 heteroatoms. The third-order valence-corrected chi connectivity index (χ3v) is 3.99. The summed E-state index contributed by atoms with van der Waals surface area (Å²) in [6.07, 6.45) is 3.93. The molecule has 0 N–H and O–H groups in total. The molecule has 1 atom stereocenters. The molecule has 1 unspecified atom stereocenters. The first-order valence-electron chi connectivity index (χ1n) is 5.02. The van der Waals surface area contributed by atoms with Crippen molar-refractivity contribution < 1.29 is 0 Å². The molecule has 0 radical (unpaired) electrons. The lowest BCUT2D eigenvalue weighted by atomic mass is 10.2. The highest BCUT2D eigenvalue weighted by Gasteiger charge is 2.14. The van der Waals surface area contributed by atoms with Gasteiger partial charge in [-0.25, -0.2) is 4.98 Å². The first kappa shape index (κ1) is 14.1. The number of thioether (sulfide) groups is 1. The van der Waals surface area contributed by atoms with E-state index in [0.717, 1.165) is 21.6 Å². The Balaban J connectivity index is 2.93. The molecule has 0 saturated heterocycles. The Kier molecular flexibility index (Phi) is 5.94. The fourth-order valence-corrected chi connectivity index (χ4v) is 2.73. The van der Waals surface area contributed by atoms with Crippen molar-refractivity contribution in [3.8, 4) is 0 Å². The zero-order valence-electron chi connectivity index (χ0n) is 9.70. The zero-order valence-corrected chi connectivity index (χ0v) is 12.9. The fraction of sp³-hybridized carbons (Fsp3) is 0.545. The van der Waals surface area contributed by atoms with E-state index < -0.39 is 0 Å². The Morgan fingerprint density at radius 1 is 1.62 bits per heavy atom. The monoisotopic (exact) mass is 322 g/mol. The summed E-state index contributed by atoms with van der Waals surface area (Å²) in [4.78, 5) is 6.62. The zero-order chi connectivity index (χ0) is 12.1. The van der Waals surface area contributed by atoms with Crippen LogP contribution in [-0.2, 0) is 5.88 Å². The van der Waals surface area contributed by atoms with Crippen molar-refractivity contribution >= 4 is 45.1 Å². The molecule has 0 aliphatic carbocycles. The minimum absolute atomic E-state index is 0.450. The van der Waals surface area contributed by atoms with Crippen molar-refractivity contribution in [3.63, 3.8) is 0 Å². The highest BCUT2D eigenvalue weighted by Crippen LogP contribution is 2.24. The molecule has 0 aliphatic rings. The van der Waals surface area contributed by atoms with Gasteiger partial charge in [0, 0.05) is 35.1 Å². The molecule has 2 nitrogen and oxygen atoms in total. The number of hydrogen-bond donors (Lipinski definition) is 0. The second-order valence-corrected chi connectivity index (χ2v) is 5.78. The minimum atomic E-state index is 0.450. The van der Waals surface area contributed by atoms with Gasteiger partial charge in [-0.1, -0.05) is 0 Å². The number of aromatic nitrogens is 1. The summed E-state index contributed by atoms with van der Waals surface area (Å²) in [6.45, 7) is 2.19. The van der Waals surface area contributed by atoms with Gasteiger partial charge in [0.25, 0.3) is 0 Å². The average molecular weight is 324 g/mol. The third kappa shape index (κ3) is 3.54. The highest BCUT2D eigenvalue weighted by atomic mass is 79.9. The molecule has 1 aromatic heterocycles. The lowest BCUT2D eigenvalue weighted by Gasteiger charge is -2.27. The molecule has 0 spiro atoms. The van der Waals surface area contributed by atoms with Crippen LogP contribution in [0.2, 0.25) is 0 Å². The van der Waals surface area contributed by atoms with Crippen molar-refractivity contribution in [3.05, 3.63) is 22.3 Å². The first-order valence-corrected chi connectivity index (χ1v) is 7.74. The van der Waals surface area contributed by atoms with Gasteiger partial charge in [-0.3, -0.25) is 0 Å². The quantitative estimate of drug-likeness (QED) is 0.767. The Hall–Kier alpha value is 0.0700. The number of rotatable bonds is 5. The molecule has 0 fully saturated rings. The van der Waals surface area contributed by atoms with E-state index >= 15 is 0 Å². The topological polar surface area (TPSA) is 16.1 Å². The van der Waals surface area contributed by atoms with Crippen LogP contribution >= 0.6 is 39.3 Å². The Bertz CT molecular complexity index is 349. The van der Waals surface area contributed by atoms with Crippen LogP contribution < -0.4 is 4.90 Å². The van der Waals surface area contributed by atoms with E-state index in [1.54, 1.807) is 0 Å².